The molecule has 0 radical (unpaired) electrons. The van der Waals surface area contributed by atoms with Gasteiger partial charge in [0, 0.05) is 28.6 Å². The van der Waals surface area contributed by atoms with E-state index >= 15 is 0 Å². The molecule has 1 fully saturated rings. The molecule has 0 bridgehead atoms. The Labute approximate surface area is 114 Å². The van der Waals surface area contributed by atoms with Crippen LogP contribution in [0.15, 0.2) is 18.2 Å². The van der Waals surface area contributed by atoms with E-state index in [0.717, 1.165) is 5.92 Å². The van der Waals surface area contributed by atoms with Gasteiger partial charge in [-0.15, -0.1) is 0 Å². The summed E-state index contributed by atoms with van der Waals surface area (Å²) in [7, 11) is 0. The van der Waals surface area contributed by atoms with Crippen LogP contribution in [-0.4, -0.2) is 17.6 Å². The van der Waals surface area contributed by atoms with Gasteiger partial charge in [-0.3, -0.25) is 0 Å². The zero-order valence-corrected chi connectivity index (χ0v) is 11.6. The lowest BCUT2D eigenvalue weighted by Gasteiger charge is -2.37. The predicted molar refractivity (Wildman–Crippen MR) is 79.8 cm³/mol. The van der Waals surface area contributed by atoms with E-state index in [0.29, 0.717) is 6.04 Å². The Kier molecular flexibility index (Phi) is 2.66. The van der Waals surface area contributed by atoms with E-state index in [2.05, 4.69) is 35.4 Å². The molecule has 1 unspecified atom stereocenters. The lowest BCUT2D eigenvalue weighted by molar-refractivity contribution is 0.345. The standard InChI is InChI=1S/C17H22N2/c1-2-5-14-13-10-16-11(7-4-9-18-16)12-6-3-8-15(19-14)17(12)13/h3,6,8,11,16,18-19H,2,4-5,7,9-10H2,1H3/t11?,16-/m1/s1. The highest BCUT2D eigenvalue weighted by atomic mass is 14.9. The van der Waals surface area contributed by atoms with Crippen molar-refractivity contribution in [1.29, 1.82) is 0 Å². The molecule has 100 valence electrons. The third-order valence-electron chi connectivity index (χ3n) is 4.96. The van der Waals surface area contributed by atoms with Gasteiger partial charge in [-0.05, 0) is 49.4 Å². The fraction of sp³-hybridized carbons (Fsp3) is 0.529. The smallest absolute Gasteiger partial charge is 0.0461 e. The van der Waals surface area contributed by atoms with E-state index in [1.54, 1.807) is 16.5 Å². The summed E-state index contributed by atoms with van der Waals surface area (Å²) in [5.74, 6) is 0.732. The molecule has 19 heavy (non-hydrogen) atoms. The fourth-order valence-corrected chi connectivity index (χ4v) is 4.16. The van der Waals surface area contributed by atoms with E-state index < -0.39 is 0 Å². The van der Waals surface area contributed by atoms with Crippen molar-refractivity contribution in [3.63, 3.8) is 0 Å². The Morgan fingerprint density at radius 3 is 3.16 bits per heavy atom. The number of nitrogens with one attached hydrogen (secondary N) is 2. The summed E-state index contributed by atoms with van der Waals surface area (Å²) < 4.78 is 0. The van der Waals surface area contributed by atoms with Gasteiger partial charge in [0.2, 0.25) is 0 Å². The first-order valence-corrected chi connectivity index (χ1v) is 7.74. The number of aromatic nitrogens is 1. The monoisotopic (exact) mass is 254 g/mol. The first-order chi connectivity index (χ1) is 9.38. The first-order valence-electron chi connectivity index (χ1n) is 7.74. The lowest BCUT2D eigenvalue weighted by Crippen LogP contribution is -2.43. The summed E-state index contributed by atoms with van der Waals surface area (Å²) in [4.78, 5) is 3.68. The van der Waals surface area contributed by atoms with Gasteiger partial charge in [0.25, 0.3) is 0 Å². The number of benzene rings is 1. The van der Waals surface area contributed by atoms with Crippen LogP contribution in [0.25, 0.3) is 10.9 Å². The molecule has 2 aliphatic rings. The molecule has 1 aliphatic heterocycles. The second kappa shape index (κ2) is 4.38. The van der Waals surface area contributed by atoms with Crippen molar-refractivity contribution >= 4 is 10.9 Å². The maximum absolute atomic E-state index is 3.75. The van der Waals surface area contributed by atoms with Crippen molar-refractivity contribution < 1.29 is 0 Å². The molecule has 1 aromatic heterocycles. The van der Waals surface area contributed by atoms with Crippen LogP contribution in [0, 0.1) is 0 Å². The van der Waals surface area contributed by atoms with Crippen LogP contribution in [0.2, 0.25) is 0 Å². The summed E-state index contributed by atoms with van der Waals surface area (Å²) in [6.07, 6.45) is 6.29. The molecule has 2 aromatic rings. The van der Waals surface area contributed by atoms with Crippen LogP contribution < -0.4 is 5.32 Å². The summed E-state index contributed by atoms with van der Waals surface area (Å²) >= 11 is 0. The molecule has 2 N–H and O–H groups in total. The van der Waals surface area contributed by atoms with Crippen LogP contribution in [0.5, 0.6) is 0 Å². The van der Waals surface area contributed by atoms with Gasteiger partial charge >= 0.3 is 0 Å². The van der Waals surface area contributed by atoms with Gasteiger partial charge in [0.05, 0.1) is 0 Å². The third-order valence-corrected chi connectivity index (χ3v) is 4.96. The topological polar surface area (TPSA) is 27.8 Å². The minimum Gasteiger partial charge on any atom is -0.358 e. The van der Waals surface area contributed by atoms with Crippen molar-refractivity contribution in [3.05, 3.63) is 35.0 Å². The summed E-state index contributed by atoms with van der Waals surface area (Å²) in [6, 6.07) is 7.50. The first kappa shape index (κ1) is 11.5. The minimum atomic E-state index is 0.665. The van der Waals surface area contributed by atoms with Crippen molar-refractivity contribution in [2.24, 2.45) is 0 Å². The molecule has 0 saturated carbocycles. The Balaban J connectivity index is 1.92. The van der Waals surface area contributed by atoms with Crippen LogP contribution in [0.4, 0.5) is 0 Å². The van der Waals surface area contributed by atoms with Gasteiger partial charge in [-0.25, -0.2) is 0 Å². The molecule has 2 heteroatoms. The average Bonchev–Trinajstić information content (AvgIpc) is 2.79. The number of hydrogen-bond acceptors (Lipinski definition) is 1. The average molecular weight is 254 g/mol. The largest absolute Gasteiger partial charge is 0.358 e. The number of aromatic amines is 1. The normalized spacial score (nSPS) is 25.5. The summed E-state index contributed by atoms with van der Waals surface area (Å²) in [5.41, 5.74) is 6.04. The molecule has 2 heterocycles. The maximum Gasteiger partial charge on any atom is 0.0461 e. The Morgan fingerprint density at radius 1 is 1.32 bits per heavy atom. The van der Waals surface area contributed by atoms with Gasteiger partial charge in [-0.2, -0.15) is 0 Å². The van der Waals surface area contributed by atoms with Crippen molar-refractivity contribution in [2.45, 2.75) is 51.0 Å². The van der Waals surface area contributed by atoms with Crippen molar-refractivity contribution in [2.75, 3.05) is 6.54 Å². The summed E-state index contributed by atoms with van der Waals surface area (Å²) in [6.45, 7) is 3.46. The highest BCUT2D eigenvalue weighted by Gasteiger charge is 2.33. The van der Waals surface area contributed by atoms with Crippen LogP contribution in [0.1, 0.15) is 48.9 Å². The van der Waals surface area contributed by atoms with E-state index in [1.807, 2.05) is 0 Å². The van der Waals surface area contributed by atoms with Crippen molar-refractivity contribution in [3.8, 4) is 0 Å². The number of aryl methyl sites for hydroxylation is 1. The number of H-pyrrole nitrogens is 1. The molecular formula is C17H22N2. The van der Waals surface area contributed by atoms with Crippen LogP contribution >= 0.6 is 0 Å². The lowest BCUT2D eigenvalue weighted by atomic mass is 9.75. The zero-order valence-electron chi connectivity index (χ0n) is 11.6. The molecule has 2 nitrogen and oxygen atoms in total. The van der Waals surface area contributed by atoms with E-state index in [-0.39, 0.29) is 0 Å². The SMILES string of the molecule is CCCc1[nH]c2cccc3c2c1C[C@H]1NCCCC31. The highest BCUT2D eigenvalue weighted by Crippen LogP contribution is 2.42. The highest BCUT2D eigenvalue weighted by molar-refractivity contribution is 5.89. The fourth-order valence-electron chi connectivity index (χ4n) is 4.16. The molecular weight excluding hydrogens is 232 g/mol. The maximum atomic E-state index is 3.75. The molecule has 1 aliphatic carbocycles. The molecule has 0 spiro atoms. The Morgan fingerprint density at radius 2 is 2.26 bits per heavy atom. The van der Waals surface area contributed by atoms with Crippen LogP contribution in [0.3, 0.4) is 0 Å². The number of fused-ring (bicyclic) bond motifs is 2. The number of piperidine rings is 1. The quantitative estimate of drug-likeness (QED) is 0.843. The zero-order chi connectivity index (χ0) is 12.8. The van der Waals surface area contributed by atoms with E-state index in [4.69, 9.17) is 0 Å². The van der Waals surface area contributed by atoms with Crippen molar-refractivity contribution in [1.82, 2.24) is 10.3 Å². The number of hydrogen-bond donors (Lipinski definition) is 2. The second-order valence-corrected chi connectivity index (χ2v) is 6.12. The molecule has 4 rings (SSSR count). The molecule has 1 saturated heterocycles. The van der Waals surface area contributed by atoms with Gasteiger partial charge < -0.3 is 10.3 Å². The third kappa shape index (κ3) is 1.66. The molecule has 0 amide bonds. The predicted octanol–water partition coefficient (Wildman–Crippen LogP) is 3.51. The summed E-state index contributed by atoms with van der Waals surface area (Å²) in [5, 5.41) is 5.30. The van der Waals surface area contributed by atoms with Gasteiger partial charge in [-0.1, -0.05) is 25.5 Å². The molecule has 1 aromatic carbocycles. The van der Waals surface area contributed by atoms with Gasteiger partial charge in [0.1, 0.15) is 0 Å². The Bertz CT molecular complexity index is 611. The van der Waals surface area contributed by atoms with E-state index in [9.17, 15) is 0 Å². The van der Waals surface area contributed by atoms with Gasteiger partial charge in [0.15, 0.2) is 0 Å². The van der Waals surface area contributed by atoms with Crippen LogP contribution in [-0.2, 0) is 12.8 Å². The second-order valence-electron chi connectivity index (χ2n) is 6.12. The number of rotatable bonds is 2. The van der Waals surface area contributed by atoms with E-state index in [1.165, 1.54) is 49.9 Å². The minimum absolute atomic E-state index is 0.665. The Hall–Kier alpha value is -1.28. The molecule has 2 atom stereocenters.